The maximum absolute atomic E-state index is 13.5. The smallest absolute Gasteiger partial charge is 0.490 e. The normalized spacial score (nSPS) is 16.2. The Kier molecular flexibility index (Phi) is 12.1. The number of para-hydroxylation sites is 1. The zero-order valence-corrected chi connectivity index (χ0v) is 27.5. The molecule has 2 unspecified atom stereocenters. The molecule has 0 amide bonds. The van der Waals surface area contributed by atoms with Gasteiger partial charge in [-0.1, -0.05) is 43.1 Å². The lowest BCUT2D eigenvalue weighted by atomic mass is 10.2. The largest absolute Gasteiger partial charge is 0.772 e. The highest BCUT2D eigenvalue weighted by Gasteiger charge is 2.38. The molecule has 2 N–H and O–H groups in total. The van der Waals surface area contributed by atoms with Crippen molar-refractivity contribution < 1.29 is 40.3 Å². The third kappa shape index (κ3) is 8.45. The van der Waals surface area contributed by atoms with Crippen molar-refractivity contribution in [1.29, 1.82) is 0 Å². The Morgan fingerprint density at radius 2 is 1.95 bits per heavy atom. The van der Waals surface area contributed by atoms with E-state index in [2.05, 4.69) is 14.9 Å². The molecule has 44 heavy (non-hydrogen) atoms. The van der Waals surface area contributed by atoms with Crippen molar-refractivity contribution in [2.75, 3.05) is 17.4 Å². The van der Waals surface area contributed by atoms with Gasteiger partial charge in [-0.2, -0.15) is 13.2 Å². The second-order valence-electron chi connectivity index (χ2n) is 9.59. The van der Waals surface area contributed by atoms with Gasteiger partial charge in [-0.25, -0.2) is 18.2 Å². The molecule has 1 fully saturated rings. The molecule has 0 bridgehead atoms. The zero-order chi connectivity index (χ0) is 32.8. The van der Waals surface area contributed by atoms with E-state index in [1.54, 1.807) is 28.8 Å². The molecule has 1 aliphatic rings. The van der Waals surface area contributed by atoms with E-state index in [1.807, 2.05) is 58.2 Å². The fourth-order valence-corrected chi connectivity index (χ4v) is 8.76. The summed E-state index contributed by atoms with van der Waals surface area (Å²) >= 11 is 0.728. The summed E-state index contributed by atoms with van der Waals surface area (Å²) in [6.07, 6.45) is -2.59. The SMILES string of the molecule is CC.CC(C)N(c1cccc2cc(-c3ncc(CN4CCC(S(=O)[O-])C4)s3)[nH]c12)S(=O)(=O)c1cccs1.O=C(O)C(F)(F)F. The van der Waals surface area contributed by atoms with Gasteiger partial charge < -0.3 is 14.6 Å². The van der Waals surface area contributed by atoms with E-state index in [-0.39, 0.29) is 11.3 Å². The lowest BCUT2D eigenvalue weighted by molar-refractivity contribution is -0.192. The Labute approximate surface area is 263 Å². The van der Waals surface area contributed by atoms with Gasteiger partial charge in [0.1, 0.15) is 9.22 Å². The molecular weight excluding hydrogens is 662 g/mol. The van der Waals surface area contributed by atoms with E-state index in [1.165, 1.54) is 15.6 Å². The molecular formula is C27H32F3N4O6S4-. The van der Waals surface area contributed by atoms with Crippen LogP contribution in [-0.2, 0) is 32.4 Å². The molecule has 0 spiro atoms. The number of aromatic nitrogens is 2. The zero-order valence-electron chi connectivity index (χ0n) is 24.2. The third-order valence-electron chi connectivity index (χ3n) is 6.26. The van der Waals surface area contributed by atoms with E-state index >= 15 is 0 Å². The average molecular weight is 694 g/mol. The van der Waals surface area contributed by atoms with Crippen LogP contribution in [0.25, 0.3) is 21.6 Å². The summed E-state index contributed by atoms with van der Waals surface area (Å²) in [6, 6.07) is 10.7. The number of carboxylic acids is 1. The summed E-state index contributed by atoms with van der Waals surface area (Å²) in [4.78, 5) is 20.1. The molecule has 1 saturated heterocycles. The van der Waals surface area contributed by atoms with Gasteiger partial charge in [0.25, 0.3) is 10.0 Å². The van der Waals surface area contributed by atoms with Crippen LogP contribution in [0.1, 0.15) is 39.0 Å². The molecule has 0 radical (unpaired) electrons. The molecule has 1 aromatic carbocycles. The fourth-order valence-electron chi connectivity index (χ4n) is 4.45. The Morgan fingerprint density at radius 1 is 1.27 bits per heavy atom. The van der Waals surface area contributed by atoms with Crippen molar-refractivity contribution in [3.63, 3.8) is 0 Å². The first-order valence-corrected chi connectivity index (χ1v) is 17.7. The van der Waals surface area contributed by atoms with Gasteiger partial charge in [-0.3, -0.25) is 13.4 Å². The van der Waals surface area contributed by atoms with E-state index in [0.717, 1.165) is 33.0 Å². The highest BCUT2D eigenvalue weighted by molar-refractivity contribution is 7.94. The van der Waals surface area contributed by atoms with Crippen LogP contribution in [0.15, 0.2) is 52.2 Å². The number of benzene rings is 1. The number of carbonyl (C=O) groups is 1. The van der Waals surface area contributed by atoms with Gasteiger partial charge in [0, 0.05) is 40.8 Å². The number of halogens is 3. The average Bonchev–Trinajstić information content (AvgIpc) is 3.77. The standard InChI is InChI=1S/C23H26N4O4S4.C2HF3O2.C2H6/c1-15(2)27(35(30,31)21-7-4-10-32-21)20-6-3-5-16-11-19(25-22(16)20)23-24-12-17(33-23)13-26-9-8-18(14-26)34(28)29;3-2(4,5)1(6)7;1-2/h3-7,10-12,15,18,25H,8-9,13-14H2,1-2H3,(H,28,29);(H,6,7);1-2H3/p-1. The Hall–Kier alpha value is -2.83. The molecule has 4 heterocycles. The quantitative estimate of drug-likeness (QED) is 0.212. The molecule has 2 atom stereocenters. The number of anilines is 1. The number of nitrogens with zero attached hydrogens (tertiary/aromatic N) is 3. The minimum atomic E-state index is -5.08. The van der Waals surface area contributed by atoms with Crippen molar-refractivity contribution in [2.45, 2.75) is 62.3 Å². The number of hydrogen-bond acceptors (Lipinski definition) is 9. The number of fused-ring (bicyclic) bond motifs is 1. The van der Waals surface area contributed by atoms with E-state index in [9.17, 15) is 30.4 Å². The fraction of sp³-hybridized carbons (Fsp3) is 0.407. The van der Waals surface area contributed by atoms with Gasteiger partial charge >= 0.3 is 12.1 Å². The number of thiazole rings is 1. The first-order valence-electron chi connectivity index (χ1n) is 13.4. The van der Waals surface area contributed by atoms with Crippen LogP contribution in [-0.4, -0.2) is 73.7 Å². The number of alkyl halides is 3. The molecule has 0 saturated carbocycles. The summed E-state index contributed by atoms with van der Waals surface area (Å²) < 4.78 is 82.9. The van der Waals surface area contributed by atoms with Gasteiger partial charge in [0.05, 0.1) is 16.9 Å². The predicted octanol–water partition coefficient (Wildman–Crippen LogP) is 6.07. The number of aliphatic carboxylic acids is 1. The number of aromatic amines is 1. The maximum atomic E-state index is 13.5. The molecule has 0 aliphatic carbocycles. The van der Waals surface area contributed by atoms with Gasteiger partial charge in [0.2, 0.25) is 0 Å². The first-order chi connectivity index (χ1) is 20.7. The van der Waals surface area contributed by atoms with Crippen LogP contribution < -0.4 is 4.31 Å². The summed E-state index contributed by atoms with van der Waals surface area (Å²) in [5, 5.41) is 10.3. The van der Waals surface area contributed by atoms with Gasteiger partial charge in [-0.05, 0) is 50.4 Å². The van der Waals surface area contributed by atoms with Crippen molar-refractivity contribution in [1.82, 2.24) is 14.9 Å². The van der Waals surface area contributed by atoms with E-state index < -0.39 is 33.2 Å². The Balaban J connectivity index is 0.000000520. The topological polar surface area (TPSA) is 147 Å². The van der Waals surface area contributed by atoms with Gasteiger partial charge in [0.15, 0.2) is 0 Å². The van der Waals surface area contributed by atoms with Gasteiger partial charge in [-0.15, -0.1) is 22.7 Å². The predicted molar refractivity (Wildman–Crippen MR) is 166 cm³/mol. The number of nitrogens with one attached hydrogen (secondary N) is 1. The van der Waals surface area contributed by atoms with Crippen LogP contribution in [0.5, 0.6) is 0 Å². The molecule has 1 aliphatic heterocycles. The van der Waals surface area contributed by atoms with Crippen molar-refractivity contribution in [3.05, 3.63) is 52.9 Å². The monoisotopic (exact) mass is 693 g/mol. The van der Waals surface area contributed by atoms with Crippen molar-refractivity contribution >= 4 is 66.3 Å². The second-order valence-corrected chi connectivity index (χ2v) is 14.9. The molecule has 10 nitrogen and oxygen atoms in total. The van der Waals surface area contributed by atoms with Crippen LogP contribution in [0.4, 0.5) is 18.9 Å². The lowest BCUT2D eigenvalue weighted by Gasteiger charge is -2.28. The van der Waals surface area contributed by atoms with Crippen LogP contribution >= 0.6 is 22.7 Å². The number of thiophene rings is 1. The van der Waals surface area contributed by atoms with Crippen LogP contribution in [0.2, 0.25) is 0 Å². The number of sulfonamides is 1. The number of likely N-dealkylation sites (tertiary alicyclic amines) is 1. The molecule has 17 heteroatoms. The minimum Gasteiger partial charge on any atom is -0.772 e. The summed E-state index contributed by atoms with van der Waals surface area (Å²) in [5.74, 6) is -2.76. The van der Waals surface area contributed by atoms with Crippen molar-refractivity contribution in [2.24, 2.45) is 0 Å². The summed E-state index contributed by atoms with van der Waals surface area (Å²) in [7, 11) is -3.71. The molecule has 3 aromatic heterocycles. The van der Waals surface area contributed by atoms with Crippen LogP contribution in [0, 0.1) is 0 Å². The van der Waals surface area contributed by atoms with Crippen molar-refractivity contribution in [3.8, 4) is 10.7 Å². The number of H-pyrrole nitrogens is 1. The molecule has 4 aromatic rings. The molecule has 5 rings (SSSR count). The lowest BCUT2D eigenvalue weighted by Crippen LogP contribution is -2.36. The minimum absolute atomic E-state index is 0.279. The van der Waals surface area contributed by atoms with E-state index in [0.29, 0.717) is 29.4 Å². The Bertz CT molecular complexity index is 1670. The highest BCUT2D eigenvalue weighted by atomic mass is 32.2. The maximum Gasteiger partial charge on any atom is 0.490 e. The number of hydrogen-bond donors (Lipinski definition) is 2. The second kappa shape index (κ2) is 15.0. The third-order valence-corrected chi connectivity index (χ3v) is 11.6. The van der Waals surface area contributed by atoms with E-state index in [4.69, 9.17) is 9.90 Å². The van der Waals surface area contributed by atoms with Crippen LogP contribution in [0.3, 0.4) is 0 Å². The molecule has 242 valence electrons. The number of carboxylic acid groups (broad SMARTS) is 1. The summed E-state index contributed by atoms with van der Waals surface area (Å²) in [6.45, 7) is 9.70. The summed E-state index contributed by atoms with van der Waals surface area (Å²) in [5.41, 5.74) is 2.16. The number of rotatable bonds is 8. The first kappa shape index (κ1) is 35.6. The highest BCUT2D eigenvalue weighted by Crippen LogP contribution is 2.36. The Morgan fingerprint density at radius 3 is 2.50 bits per heavy atom.